The molecule has 2 aromatic carbocycles. The van der Waals surface area contributed by atoms with E-state index in [2.05, 4.69) is 5.32 Å². The first-order chi connectivity index (χ1) is 12.4. The number of anilines is 2. The number of halogens is 1. The van der Waals surface area contributed by atoms with Crippen molar-refractivity contribution in [3.8, 4) is 0 Å². The van der Waals surface area contributed by atoms with E-state index >= 15 is 0 Å². The van der Waals surface area contributed by atoms with E-state index < -0.39 is 0 Å². The quantitative estimate of drug-likeness (QED) is 0.859. The summed E-state index contributed by atoms with van der Waals surface area (Å²) in [5.41, 5.74) is 2.67. The van der Waals surface area contributed by atoms with Gasteiger partial charge in [0, 0.05) is 17.3 Å². The molecule has 0 aliphatic carbocycles. The fourth-order valence-electron chi connectivity index (χ4n) is 2.74. The molecule has 1 atom stereocenters. The highest BCUT2D eigenvalue weighted by Gasteiger charge is 2.34. The van der Waals surface area contributed by atoms with Gasteiger partial charge in [0.2, 0.25) is 11.8 Å². The number of amides is 2. The van der Waals surface area contributed by atoms with Gasteiger partial charge in [0.1, 0.15) is 11.2 Å². The summed E-state index contributed by atoms with van der Waals surface area (Å²) in [6.07, 6.45) is 0. The standard InChI is InChI=1S/C20H21FN2O2S/c1-12(2)19(25)22-15-6-4-5-14(9-15)20-23(18(24)11-26-20)16-8-7-13(3)17(21)10-16/h4-10,12,20H,11H2,1-3H3,(H,22,25)/t20-/m1/s1. The fourth-order valence-corrected chi connectivity index (χ4v) is 3.90. The van der Waals surface area contributed by atoms with Crippen molar-refractivity contribution in [3.05, 3.63) is 59.4 Å². The summed E-state index contributed by atoms with van der Waals surface area (Å²) in [7, 11) is 0. The van der Waals surface area contributed by atoms with Gasteiger partial charge in [0.25, 0.3) is 0 Å². The highest BCUT2D eigenvalue weighted by Crippen LogP contribution is 2.42. The molecule has 2 amide bonds. The summed E-state index contributed by atoms with van der Waals surface area (Å²) in [4.78, 5) is 26.0. The lowest BCUT2D eigenvalue weighted by atomic mass is 10.1. The number of carbonyl (C=O) groups is 2. The van der Waals surface area contributed by atoms with Crippen LogP contribution < -0.4 is 10.2 Å². The van der Waals surface area contributed by atoms with E-state index in [4.69, 9.17) is 0 Å². The zero-order valence-electron chi connectivity index (χ0n) is 15.0. The van der Waals surface area contributed by atoms with Gasteiger partial charge >= 0.3 is 0 Å². The molecule has 0 radical (unpaired) electrons. The Hall–Kier alpha value is -2.34. The van der Waals surface area contributed by atoms with Crippen LogP contribution in [0, 0.1) is 18.7 Å². The molecule has 136 valence electrons. The average Bonchev–Trinajstić information content (AvgIpc) is 2.99. The molecule has 0 saturated carbocycles. The number of thioether (sulfide) groups is 1. The van der Waals surface area contributed by atoms with E-state index in [9.17, 15) is 14.0 Å². The molecule has 1 N–H and O–H groups in total. The van der Waals surface area contributed by atoms with Gasteiger partial charge in [0.15, 0.2) is 0 Å². The maximum Gasteiger partial charge on any atom is 0.238 e. The highest BCUT2D eigenvalue weighted by atomic mass is 32.2. The van der Waals surface area contributed by atoms with Crippen molar-refractivity contribution in [1.82, 2.24) is 0 Å². The second-order valence-electron chi connectivity index (χ2n) is 6.63. The molecule has 4 nitrogen and oxygen atoms in total. The third-order valence-electron chi connectivity index (χ3n) is 4.27. The first kappa shape index (κ1) is 18.5. The Morgan fingerprint density at radius 1 is 1.27 bits per heavy atom. The molecule has 2 aromatic rings. The van der Waals surface area contributed by atoms with Crippen molar-refractivity contribution in [1.29, 1.82) is 0 Å². The summed E-state index contributed by atoms with van der Waals surface area (Å²) in [6.45, 7) is 5.36. The fraction of sp³-hybridized carbons (Fsp3) is 0.300. The molecular weight excluding hydrogens is 351 g/mol. The molecule has 0 unspecified atom stereocenters. The summed E-state index contributed by atoms with van der Waals surface area (Å²) >= 11 is 1.49. The number of nitrogens with one attached hydrogen (secondary N) is 1. The highest BCUT2D eigenvalue weighted by molar-refractivity contribution is 8.00. The lowest BCUT2D eigenvalue weighted by molar-refractivity contribution is -0.119. The maximum atomic E-state index is 14.0. The molecule has 1 aliphatic rings. The summed E-state index contributed by atoms with van der Waals surface area (Å²) in [5.74, 6) is -0.227. The Morgan fingerprint density at radius 2 is 2.04 bits per heavy atom. The van der Waals surface area contributed by atoms with Crippen LogP contribution in [0.1, 0.15) is 30.3 Å². The topological polar surface area (TPSA) is 49.4 Å². The first-order valence-corrected chi connectivity index (χ1v) is 9.52. The lowest BCUT2D eigenvalue weighted by Gasteiger charge is -2.25. The average molecular weight is 372 g/mol. The number of rotatable bonds is 4. The Morgan fingerprint density at radius 3 is 2.73 bits per heavy atom. The van der Waals surface area contributed by atoms with E-state index in [1.807, 2.05) is 38.1 Å². The Labute approximate surface area is 156 Å². The van der Waals surface area contributed by atoms with Crippen LogP contribution in [0.15, 0.2) is 42.5 Å². The van der Waals surface area contributed by atoms with Crippen LogP contribution in [0.3, 0.4) is 0 Å². The molecule has 0 spiro atoms. The largest absolute Gasteiger partial charge is 0.326 e. The van der Waals surface area contributed by atoms with Crippen LogP contribution in [0.25, 0.3) is 0 Å². The van der Waals surface area contributed by atoms with Crippen molar-refractivity contribution in [2.45, 2.75) is 26.1 Å². The third-order valence-corrected chi connectivity index (χ3v) is 5.48. The van der Waals surface area contributed by atoms with Gasteiger partial charge in [-0.15, -0.1) is 11.8 Å². The number of hydrogen-bond acceptors (Lipinski definition) is 3. The van der Waals surface area contributed by atoms with Gasteiger partial charge in [-0.1, -0.05) is 32.0 Å². The van der Waals surface area contributed by atoms with Gasteiger partial charge in [-0.3, -0.25) is 14.5 Å². The second-order valence-corrected chi connectivity index (χ2v) is 7.70. The maximum absolute atomic E-state index is 14.0. The Kier molecular flexibility index (Phi) is 5.32. The van der Waals surface area contributed by atoms with E-state index in [0.717, 1.165) is 5.56 Å². The molecule has 0 bridgehead atoms. The van der Waals surface area contributed by atoms with Gasteiger partial charge < -0.3 is 5.32 Å². The minimum Gasteiger partial charge on any atom is -0.326 e. The first-order valence-electron chi connectivity index (χ1n) is 8.47. The number of carbonyl (C=O) groups excluding carboxylic acids is 2. The zero-order chi connectivity index (χ0) is 18.8. The van der Waals surface area contributed by atoms with Crippen LogP contribution in [-0.4, -0.2) is 17.6 Å². The number of benzene rings is 2. The summed E-state index contributed by atoms with van der Waals surface area (Å²) in [5, 5.41) is 2.63. The van der Waals surface area contributed by atoms with Crippen LogP contribution in [0.4, 0.5) is 15.8 Å². The predicted molar refractivity (Wildman–Crippen MR) is 104 cm³/mol. The lowest BCUT2D eigenvalue weighted by Crippen LogP contribution is -2.28. The predicted octanol–water partition coefficient (Wildman–Crippen LogP) is 4.51. The van der Waals surface area contributed by atoms with E-state index in [1.165, 1.54) is 17.8 Å². The molecule has 1 heterocycles. The minimum absolute atomic E-state index is 0.0557. The zero-order valence-corrected chi connectivity index (χ0v) is 15.8. The normalized spacial score (nSPS) is 17.0. The summed E-state index contributed by atoms with van der Waals surface area (Å²) in [6, 6.07) is 12.3. The molecular formula is C20H21FN2O2S. The Bertz CT molecular complexity index is 853. The monoisotopic (exact) mass is 372 g/mol. The van der Waals surface area contributed by atoms with Crippen molar-refractivity contribution >= 4 is 35.0 Å². The van der Waals surface area contributed by atoms with Crippen molar-refractivity contribution in [3.63, 3.8) is 0 Å². The summed E-state index contributed by atoms with van der Waals surface area (Å²) < 4.78 is 14.0. The number of nitrogens with zero attached hydrogens (tertiary/aromatic N) is 1. The molecule has 26 heavy (non-hydrogen) atoms. The second kappa shape index (κ2) is 7.50. The van der Waals surface area contributed by atoms with Gasteiger partial charge in [-0.25, -0.2) is 4.39 Å². The smallest absolute Gasteiger partial charge is 0.238 e. The van der Waals surface area contributed by atoms with Crippen molar-refractivity contribution in [2.24, 2.45) is 5.92 Å². The van der Waals surface area contributed by atoms with Crippen molar-refractivity contribution in [2.75, 3.05) is 16.0 Å². The van der Waals surface area contributed by atoms with Gasteiger partial charge in [0.05, 0.1) is 5.75 Å². The molecule has 1 fully saturated rings. The number of hydrogen-bond donors (Lipinski definition) is 1. The van der Waals surface area contributed by atoms with Crippen LogP contribution in [0.5, 0.6) is 0 Å². The SMILES string of the molecule is Cc1ccc(N2C(=O)CS[C@@H]2c2cccc(NC(=O)C(C)C)c2)cc1F. The molecule has 0 aromatic heterocycles. The molecule has 3 rings (SSSR count). The van der Waals surface area contributed by atoms with Crippen LogP contribution in [0.2, 0.25) is 0 Å². The van der Waals surface area contributed by atoms with Crippen LogP contribution in [-0.2, 0) is 9.59 Å². The van der Waals surface area contributed by atoms with E-state index in [-0.39, 0.29) is 28.9 Å². The van der Waals surface area contributed by atoms with Crippen molar-refractivity contribution < 1.29 is 14.0 Å². The third kappa shape index (κ3) is 3.75. The van der Waals surface area contributed by atoms with E-state index in [0.29, 0.717) is 22.7 Å². The van der Waals surface area contributed by atoms with Crippen LogP contribution >= 0.6 is 11.8 Å². The number of aryl methyl sites for hydroxylation is 1. The van der Waals surface area contributed by atoms with Gasteiger partial charge in [-0.2, -0.15) is 0 Å². The Balaban J connectivity index is 1.91. The molecule has 1 aliphatic heterocycles. The van der Waals surface area contributed by atoms with Gasteiger partial charge in [-0.05, 0) is 42.3 Å². The minimum atomic E-state index is -0.330. The van der Waals surface area contributed by atoms with E-state index in [1.54, 1.807) is 24.0 Å². The molecule has 1 saturated heterocycles. The molecule has 6 heteroatoms.